The first kappa shape index (κ1) is 36.2. The predicted molar refractivity (Wildman–Crippen MR) is 156 cm³/mol. The predicted octanol–water partition coefficient (Wildman–Crippen LogP) is 7.66. The summed E-state index contributed by atoms with van der Waals surface area (Å²) in [7, 11) is -3.99. The Hall–Kier alpha value is -0.790. The Morgan fingerprint density at radius 2 is 1.11 bits per heavy atom. The zero-order chi connectivity index (χ0) is 27.9. The number of hydrogen-bond donors (Lipinski definition) is 1. The third kappa shape index (κ3) is 19.0. The molecule has 0 rings (SSSR count). The molecule has 0 fully saturated rings. The first-order valence-corrected chi connectivity index (χ1v) is 17.7. The molecule has 0 bridgehead atoms. The second-order valence-corrected chi connectivity index (χ2v) is 15.1. The van der Waals surface area contributed by atoms with E-state index in [1.165, 1.54) is 90.2 Å². The van der Waals surface area contributed by atoms with Crippen LogP contribution >= 0.6 is 0 Å². The summed E-state index contributed by atoms with van der Waals surface area (Å²) in [5.74, 6) is -0.212. The molecule has 0 amide bonds. The van der Waals surface area contributed by atoms with Crippen molar-refractivity contribution in [1.82, 2.24) is 0 Å². The Kier molecular flexibility index (Phi) is 21.6. The highest BCUT2D eigenvalue weighted by Crippen LogP contribution is 2.28. The molecule has 0 aliphatic heterocycles. The first-order valence-electron chi connectivity index (χ1n) is 15.3. The lowest BCUT2D eigenvalue weighted by Crippen LogP contribution is -2.46. The van der Waals surface area contributed by atoms with Crippen LogP contribution in [0.5, 0.6) is 0 Å². The van der Waals surface area contributed by atoms with Crippen LogP contribution in [0.15, 0.2) is 0 Å². The maximum atomic E-state index is 13.6. The van der Waals surface area contributed by atoms with Crippen molar-refractivity contribution in [2.75, 3.05) is 25.2 Å². The van der Waals surface area contributed by atoms with Crippen LogP contribution in [0.25, 0.3) is 0 Å². The molecule has 0 saturated carbocycles. The lowest BCUT2D eigenvalue weighted by atomic mass is 10.1. The molecule has 222 valence electrons. The fraction of sp³-hybridized carbons (Fsp3) is 0.933. The normalized spacial score (nSPS) is 13.7. The summed E-state index contributed by atoms with van der Waals surface area (Å²) in [6.45, 7) is 5.07. The number of aliphatic hydroxyl groups is 1. The zero-order valence-corrected chi connectivity index (χ0v) is 25.6. The van der Waals surface area contributed by atoms with Gasteiger partial charge >= 0.3 is 5.97 Å². The van der Waals surface area contributed by atoms with Crippen LogP contribution < -0.4 is 0 Å². The van der Waals surface area contributed by atoms with E-state index in [1.54, 1.807) is 0 Å². The van der Waals surface area contributed by atoms with E-state index in [0.717, 1.165) is 38.5 Å². The van der Waals surface area contributed by atoms with Crippen LogP contribution in [0.1, 0.15) is 149 Å². The Bertz CT molecular complexity index is 650. The van der Waals surface area contributed by atoms with Gasteiger partial charge in [-0.1, -0.05) is 123 Å². The van der Waals surface area contributed by atoms with Gasteiger partial charge in [0.1, 0.15) is 6.61 Å². The van der Waals surface area contributed by atoms with Crippen molar-refractivity contribution < 1.29 is 27.8 Å². The molecule has 0 aromatic carbocycles. The van der Waals surface area contributed by atoms with Gasteiger partial charge in [-0.3, -0.25) is 13.8 Å². The Morgan fingerprint density at radius 1 is 0.703 bits per heavy atom. The van der Waals surface area contributed by atoms with Gasteiger partial charge in [-0.2, -0.15) is 0 Å². The minimum Gasteiger partial charge on any atom is -0.457 e. The molecule has 0 saturated heterocycles. The number of esters is 1. The Balaban J connectivity index is 4.22. The third-order valence-electron chi connectivity index (χ3n) is 7.24. The van der Waals surface area contributed by atoms with Crippen molar-refractivity contribution >= 4 is 20.4 Å². The molecule has 0 radical (unpaired) electrons. The molecule has 0 aliphatic carbocycles. The molecule has 0 unspecified atom stereocenters. The van der Waals surface area contributed by atoms with Crippen LogP contribution in [0.3, 0.4) is 0 Å². The molecule has 0 aliphatic rings. The second-order valence-electron chi connectivity index (χ2n) is 11.0. The highest BCUT2D eigenvalue weighted by molar-refractivity contribution is 8.27. The van der Waals surface area contributed by atoms with Gasteiger partial charge in [0.15, 0.2) is 6.10 Å². The Morgan fingerprint density at radius 3 is 1.51 bits per heavy atom. The van der Waals surface area contributed by atoms with Crippen LogP contribution in [0, 0.1) is 0 Å². The van der Waals surface area contributed by atoms with Crippen molar-refractivity contribution in [2.45, 2.75) is 155 Å². The van der Waals surface area contributed by atoms with Gasteiger partial charge in [0.05, 0.1) is 6.61 Å². The van der Waals surface area contributed by atoms with E-state index in [9.17, 15) is 18.9 Å². The smallest absolute Gasteiger partial charge is 0.306 e. The average molecular weight is 549 g/mol. The largest absolute Gasteiger partial charge is 0.457 e. The molecule has 6 nitrogen and oxygen atoms in total. The highest BCUT2D eigenvalue weighted by Gasteiger charge is 2.33. The number of rotatable bonds is 26. The summed E-state index contributed by atoms with van der Waals surface area (Å²) in [5, 5.41) is 9.18. The minimum absolute atomic E-state index is 0.174. The monoisotopic (exact) mass is 548 g/mol. The van der Waals surface area contributed by atoms with Crippen molar-refractivity contribution in [3.8, 4) is 0 Å². The van der Waals surface area contributed by atoms with Gasteiger partial charge in [-0.15, -0.1) is 9.35 Å². The molecule has 0 aromatic rings. The SMILES string of the molecule is CCCCCCCCCCCCC(=O)O[C@H](CO)COS(C)(=O)(CCCCCCCCCCC)C(C)=O. The lowest BCUT2D eigenvalue weighted by Gasteiger charge is -2.42. The number of aliphatic hydroxyl groups excluding tert-OH is 1. The fourth-order valence-electron chi connectivity index (χ4n) is 4.41. The molecule has 7 heteroatoms. The molecule has 1 atom stereocenters. The van der Waals surface area contributed by atoms with Crippen LogP contribution in [0.2, 0.25) is 0 Å². The van der Waals surface area contributed by atoms with Crippen molar-refractivity contribution in [1.29, 1.82) is 0 Å². The minimum atomic E-state index is -3.99. The van der Waals surface area contributed by atoms with Gasteiger partial charge in [0.25, 0.3) is 0 Å². The summed E-state index contributed by atoms with van der Waals surface area (Å²) < 4.78 is 24.6. The summed E-state index contributed by atoms with van der Waals surface area (Å²) >= 11 is 0. The molecule has 0 heterocycles. The molecular formula is C30H60O6S. The fourth-order valence-corrected chi connectivity index (χ4v) is 6.36. The molecular weight excluding hydrogens is 488 g/mol. The molecule has 1 N–H and O–H groups in total. The highest BCUT2D eigenvalue weighted by atomic mass is 32.3. The number of ether oxygens (including phenoxy) is 1. The van der Waals surface area contributed by atoms with Crippen molar-refractivity contribution in [3.05, 3.63) is 0 Å². The second kappa shape index (κ2) is 22.1. The summed E-state index contributed by atoms with van der Waals surface area (Å²) in [4.78, 5) is 24.5. The average Bonchev–Trinajstić information content (AvgIpc) is 2.86. The van der Waals surface area contributed by atoms with Gasteiger partial charge in [-0.05, 0) is 12.8 Å². The summed E-state index contributed by atoms with van der Waals surface area (Å²) in [6, 6.07) is 0. The molecule has 0 spiro atoms. The third-order valence-corrected chi connectivity index (χ3v) is 10.7. The van der Waals surface area contributed by atoms with Crippen LogP contribution in [0.4, 0.5) is 0 Å². The van der Waals surface area contributed by atoms with Gasteiger partial charge in [0, 0.05) is 25.4 Å². The van der Waals surface area contributed by atoms with E-state index >= 15 is 0 Å². The van der Waals surface area contributed by atoms with Gasteiger partial charge in [-0.25, -0.2) is 4.21 Å². The van der Waals surface area contributed by atoms with E-state index in [0.29, 0.717) is 12.8 Å². The van der Waals surface area contributed by atoms with Gasteiger partial charge in [0.2, 0.25) is 5.12 Å². The number of carbonyl (C=O) groups excluding carboxylic acids is 2. The standard InChI is InChI=1S/C30H60O6S/c1-5-7-9-11-13-15-16-18-20-22-24-30(33)36-29(26-31)27-35-37(4,34,28(3)32)25-23-21-19-17-14-12-10-8-6-2/h29,31H,5-27H2,1-4H3/t29-/m1/s1. The lowest BCUT2D eigenvalue weighted by molar-refractivity contribution is -0.152. The zero-order valence-electron chi connectivity index (χ0n) is 24.7. The van der Waals surface area contributed by atoms with Crippen molar-refractivity contribution in [3.63, 3.8) is 0 Å². The van der Waals surface area contributed by atoms with Crippen LogP contribution in [-0.2, 0) is 27.9 Å². The molecule has 0 aromatic heterocycles. The van der Waals surface area contributed by atoms with Crippen molar-refractivity contribution in [2.24, 2.45) is 0 Å². The van der Waals surface area contributed by atoms with E-state index in [1.807, 2.05) is 0 Å². The maximum Gasteiger partial charge on any atom is 0.306 e. The van der Waals surface area contributed by atoms with E-state index in [-0.39, 0.29) is 18.3 Å². The quantitative estimate of drug-likeness (QED) is 0.0881. The number of unbranched alkanes of at least 4 members (excludes halogenated alkanes) is 17. The Labute approximate surface area is 228 Å². The topological polar surface area (TPSA) is 89.9 Å². The maximum absolute atomic E-state index is 13.6. The van der Waals surface area contributed by atoms with Gasteiger partial charge < -0.3 is 9.84 Å². The molecule has 37 heavy (non-hydrogen) atoms. The van der Waals surface area contributed by atoms with Crippen LogP contribution in [-0.4, -0.2) is 51.7 Å². The number of carbonyl (C=O) groups is 2. The summed E-state index contributed by atoms with van der Waals surface area (Å²) in [5.41, 5.74) is 0. The van der Waals surface area contributed by atoms with E-state index in [2.05, 4.69) is 13.8 Å². The van der Waals surface area contributed by atoms with E-state index in [4.69, 9.17) is 8.92 Å². The first-order chi connectivity index (χ1) is 17.7. The summed E-state index contributed by atoms with van der Waals surface area (Å²) in [6.07, 6.45) is 22.7. The van der Waals surface area contributed by atoms with E-state index < -0.39 is 27.2 Å². The number of hydrogen-bond acceptors (Lipinski definition) is 6.